The number of benzene rings is 1. The standard InChI is InChI=1S/C13H14BrF4N/c14-11-4-3-9(12(15)6-11)7-19-5-1-2-10(8-19)13(16,17)18/h3-4,6,10H,1-2,5,7-8H2. The van der Waals surface area contributed by atoms with Crippen LogP contribution in [0, 0.1) is 11.7 Å². The summed E-state index contributed by atoms with van der Waals surface area (Å²) in [6, 6.07) is 4.64. The molecule has 1 aromatic rings. The molecule has 106 valence electrons. The first-order valence-electron chi connectivity index (χ1n) is 6.09. The highest BCUT2D eigenvalue weighted by Crippen LogP contribution is 2.33. The molecule has 1 fully saturated rings. The van der Waals surface area contributed by atoms with Gasteiger partial charge in [0, 0.05) is 23.1 Å². The first-order valence-corrected chi connectivity index (χ1v) is 6.88. The molecular weight excluding hydrogens is 326 g/mol. The summed E-state index contributed by atoms with van der Waals surface area (Å²) in [4.78, 5) is 1.67. The van der Waals surface area contributed by atoms with Crippen LogP contribution in [0.15, 0.2) is 22.7 Å². The van der Waals surface area contributed by atoms with Gasteiger partial charge in [0.1, 0.15) is 5.82 Å². The third kappa shape index (κ3) is 3.92. The molecule has 1 unspecified atom stereocenters. The highest BCUT2D eigenvalue weighted by atomic mass is 79.9. The number of piperidine rings is 1. The van der Waals surface area contributed by atoms with Crippen molar-refractivity contribution in [2.45, 2.75) is 25.6 Å². The van der Waals surface area contributed by atoms with Crippen molar-refractivity contribution in [1.82, 2.24) is 4.90 Å². The Kier molecular flexibility index (Phi) is 4.50. The van der Waals surface area contributed by atoms with Crippen LogP contribution >= 0.6 is 15.9 Å². The van der Waals surface area contributed by atoms with Gasteiger partial charge in [-0.05, 0) is 31.5 Å². The van der Waals surface area contributed by atoms with Gasteiger partial charge in [-0.15, -0.1) is 0 Å². The molecule has 0 radical (unpaired) electrons. The summed E-state index contributed by atoms with van der Waals surface area (Å²) in [5.74, 6) is -1.68. The maximum absolute atomic E-state index is 13.7. The second-order valence-electron chi connectivity index (χ2n) is 4.85. The smallest absolute Gasteiger partial charge is 0.298 e. The molecule has 2 rings (SSSR count). The fraction of sp³-hybridized carbons (Fsp3) is 0.538. The van der Waals surface area contributed by atoms with Gasteiger partial charge in [0.05, 0.1) is 5.92 Å². The summed E-state index contributed by atoms with van der Waals surface area (Å²) >= 11 is 3.15. The predicted octanol–water partition coefficient (Wildman–Crippen LogP) is 4.36. The number of hydrogen-bond donors (Lipinski definition) is 0. The SMILES string of the molecule is Fc1cc(Br)ccc1CN1CCCC(C(F)(F)F)C1. The number of halogens is 5. The van der Waals surface area contributed by atoms with Crippen LogP contribution in [0.25, 0.3) is 0 Å². The molecule has 1 atom stereocenters. The molecule has 0 amide bonds. The number of nitrogens with zero attached hydrogens (tertiary/aromatic N) is 1. The molecule has 0 bridgehead atoms. The third-order valence-corrected chi connectivity index (χ3v) is 3.87. The lowest BCUT2D eigenvalue weighted by Crippen LogP contribution is -2.41. The molecule has 19 heavy (non-hydrogen) atoms. The molecule has 0 spiro atoms. The summed E-state index contributed by atoms with van der Waals surface area (Å²) < 4.78 is 52.3. The summed E-state index contributed by atoms with van der Waals surface area (Å²) in [5, 5.41) is 0. The molecule has 1 heterocycles. The van der Waals surface area contributed by atoms with Crippen LogP contribution < -0.4 is 0 Å². The quantitative estimate of drug-likeness (QED) is 0.723. The molecule has 0 aromatic heterocycles. The summed E-state index contributed by atoms with van der Waals surface area (Å²) in [6.07, 6.45) is -3.48. The predicted molar refractivity (Wildman–Crippen MR) is 68.2 cm³/mol. The van der Waals surface area contributed by atoms with Gasteiger partial charge in [0.2, 0.25) is 0 Å². The minimum Gasteiger partial charge on any atom is -0.298 e. The Bertz CT molecular complexity index is 447. The number of likely N-dealkylation sites (tertiary alicyclic amines) is 1. The molecule has 1 aliphatic heterocycles. The average molecular weight is 340 g/mol. The summed E-state index contributed by atoms with van der Waals surface area (Å²) in [7, 11) is 0. The Morgan fingerprint density at radius 2 is 2.05 bits per heavy atom. The second kappa shape index (κ2) is 5.79. The number of rotatable bonds is 2. The van der Waals surface area contributed by atoms with E-state index in [0.717, 1.165) is 0 Å². The monoisotopic (exact) mass is 339 g/mol. The molecule has 1 saturated heterocycles. The van der Waals surface area contributed by atoms with Gasteiger partial charge in [0.15, 0.2) is 0 Å². The van der Waals surface area contributed by atoms with E-state index in [4.69, 9.17) is 0 Å². The number of hydrogen-bond acceptors (Lipinski definition) is 1. The van der Waals surface area contributed by atoms with Crippen molar-refractivity contribution in [3.63, 3.8) is 0 Å². The Balaban J connectivity index is 2.03. The molecular formula is C13H14BrF4N. The van der Waals surface area contributed by atoms with Crippen molar-refractivity contribution < 1.29 is 17.6 Å². The fourth-order valence-electron chi connectivity index (χ4n) is 2.36. The zero-order chi connectivity index (χ0) is 14.0. The van der Waals surface area contributed by atoms with Gasteiger partial charge >= 0.3 is 6.18 Å². The van der Waals surface area contributed by atoms with Gasteiger partial charge in [-0.25, -0.2) is 4.39 Å². The largest absolute Gasteiger partial charge is 0.393 e. The Morgan fingerprint density at radius 1 is 1.32 bits per heavy atom. The molecule has 1 aliphatic rings. The van der Waals surface area contributed by atoms with Gasteiger partial charge < -0.3 is 0 Å². The van der Waals surface area contributed by atoms with Crippen LogP contribution in [0.3, 0.4) is 0 Å². The van der Waals surface area contributed by atoms with E-state index in [0.29, 0.717) is 23.0 Å². The van der Waals surface area contributed by atoms with E-state index >= 15 is 0 Å². The van der Waals surface area contributed by atoms with Crippen molar-refractivity contribution in [2.24, 2.45) is 5.92 Å². The minimum atomic E-state index is -4.16. The molecule has 0 aliphatic carbocycles. The first kappa shape index (κ1) is 14.8. The van der Waals surface area contributed by atoms with Gasteiger partial charge in [-0.3, -0.25) is 4.90 Å². The molecule has 1 nitrogen and oxygen atoms in total. The van der Waals surface area contributed by atoms with Crippen molar-refractivity contribution >= 4 is 15.9 Å². The van der Waals surface area contributed by atoms with E-state index in [2.05, 4.69) is 15.9 Å². The lowest BCUT2D eigenvalue weighted by Gasteiger charge is -2.33. The lowest BCUT2D eigenvalue weighted by atomic mass is 9.97. The van der Waals surface area contributed by atoms with E-state index in [1.807, 2.05) is 0 Å². The average Bonchev–Trinajstić information content (AvgIpc) is 2.32. The van der Waals surface area contributed by atoms with E-state index in [-0.39, 0.29) is 25.3 Å². The molecule has 0 saturated carbocycles. The van der Waals surface area contributed by atoms with Crippen LogP contribution in [0.5, 0.6) is 0 Å². The van der Waals surface area contributed by atoms with Gasteiger partial charge in [-0.2, -0.15) is 13.2 Å². The van der Waals surface area contributed by atoms with Crippen LogP contribution in [0.1, 0.15) is 18.4 Å². The minimum absolute atomic E-state index is 0.0427. The Hall–Kier alpha value is -0.620. The maximum Gasteiger partial charge on any atom is 0.393 e. The third-order valence-electron chi connectivity index (χ3n) is 3.38. The van der Waals surface area contributed by atoms with Crippen LogP contribution in [0.2, 0.25) is 0 Å². The Morgan fingerprint density at radius 3 is 2.68 bits per heavy atom. The van der Waals surface area contributed by atoms with Crippen molar-refractivity contribution in [3.05, 3.63) is 34.1 Å². The highest BCUT2D eigenvalue weighted by Gasteiger charge is 2.41. The van der Waals surface area contributed by atoms with Crippen molar-refractivity contribution in [2.75, 3.05) is 13.1 Å². The zero-order valence-corrected chi connectivity index (χ0v) is 11.8. The van der Waals surface area contributed by atoms with Crippen LogP contribution in [-0.2, 0) is 6.54 Å². The van der Waals surface area contributed by atoms with Crippen molar-refractivity contribution in [3.8, 4) is 0 Å². The molecule has 0 N–H and O–H groups in total. The highest BCUT2D eigenvalue weighted by molar-refractivity contribution is 9.10. The molecule has 6 heteroatoms. The zero-order valence-electron chi connectivity index (χ0n) is 10.2. The Labute approximate surface area is 117 Å². The maximum atomic E-state index is 13.7. The van der Waals surface area contributed by atoms with Gasteiger partial charge in [0.25, 0.3) is 0 Å². The first-order chi connectivity index (χ1) is 8.86. The van der Waals surface area contributed by atoms with E-state index in [9.17, 15) is 17.6 Å². The van der Waals surface area contributed by atoms with E-state index < -0.39 is 12.1 Å². The van der Waals surface area contributed by atoms with Crippen LogP contribution in [0.4, 0.5) is 17.6 Å². The van der Waals surface area contributed by atoms with Crippen molar-refractivity contribution in [1.29, 1.82) is 0 Å². The van der Waals surface area contributed by atoms with Crippen LogP contribution in [-0.4, -0.2) is 24.2 Å². The fourth-order valence-corrected chi connectivity index (χ4v) is 2.69. The summed E-state index contributed by atoms with van der Waals surface area (Å²) in [5.41, 5.74) is 0.436. The topological polar surface area (TPSA) is 3.24 Å². The van der Waals surface area contributed by atoms with E-state index in [1.54, 1.807) is 17.0 Å². The van der Waals surface area contributed by atoms with E-state index in [1.165, 1.54) is 6.07 Å². The summed E-state index contributed by atoms with van der Waals surface area (Å²) in [6.45, 7) is 0.771. The number of alkyl halides is 3. The lowest BCUT2D eigenvalue weighted by molar-refractivity contribution is -0.187. The molecule has 1 aromatic carbocycles. The van der Waals surface area contributed by atoms with Gasteiger partial charge in [-0.1, -0.05) is 22.0 Å². The second-order valence-corrected chi connectivity index (χ2v) is 5.77. The normalized spacial score (nSPS) is 21.6.